The zero-order chi connectivity index (χ0) is 11.4. The largest absolute Gasteiger partial charge is 0.411 e. The summed E-state index contributed by atoms with van der Waals surface area (Å²) in [5, 5.41) is 12.9. The van der Waals surface area contributed by atoms with Gasteiger partial charge in [0.25, 0.3) is 0 Å². The lowest BCUT2D eigenvalue weighted by molar-refractivity contribution is 0.245. The molecule has 3 heteroatoms. The van der Waals surface area contributed by atoms with Gasteiger partial charge in [-0.25, -0.2) is 0 Å². The van der Waals surface area contributed by atoms with Crippen molar-refractivity contribution in [3.8, 4) is 0 Å². The molecule has 0 spiro atoms. The fraction of sp³-hybridized carbons (Fsp3) is 0.917. The first-order chi connectivity index (χ1) is 6.90. The Hall–Kier alpha value is -0.570. The first kappa shape index (κ1) is 10.9. The first-order valence-corrected chi connectivity index (χ1v) is 5.80. The molecule has 0 heterocycles. The second-order valence-corrected chi connectivity index (χ2v) is 5.90. The summed E-state index contributed by atoms with van der Waals surface area (Å²) in [5.41, 5.74) is 1.26. The lowest BCUT2D eigenvalue weighted by atomic mass is 9.83. The van der Waals surface area contributed by atoms with Crippen molar-refractivity contribution < 1.29 is 5.21 Å². The molecule has 3 nitrogen and oxygen atoms in total. The van der Waals surface area contributed by atoms with E-state index in [-0.39, 0.29) is 11.0 Å². The van der Waals surface area contributed by atoms with Gasteiger partial charge in [0.05, 0.1) is 11.3 Å². The van der Waals surface area contributed by atoms with Crippen molar-refractivity contribution in [3.63, 3.8) is 0 Å². The standard InChI is InChI=1S/C12H22N2O/c1-8-6-7-9-11(2,3)12(9,14(4)5)10(8)13-15/h8-9,15H,6-7H2,1-5H3. The predicted octanol–water partition coefficient (Wildman–Crippen LogP) is 2.20. The van der Waals surface area contributed by atoms with Gasteiger partial charge in [0.2, 0.25) is 0 Å². The lowest BCUT2D eigenvalue weighted by Crippen LogP contribution is -2.47. The third-order valence-electron chi connectivity index (χ3n) is 4.83. The summed E-state index contributed by atoms with van der Waals surface area (Å²) in [4.78, 5) is 2.25. The van der Waals surface area contributed by atoms with Crippen LogP contribution < -0.4 is 0 Å². The Bertz CT molecular complexity index is 309. The van der Waals surface area contributed by atoms with Gasteiger partial charge in [0.1, 0.15) is 0 Å². The maximum Gasteiger partial charge on any atom is 0.0809 e. The Morgan fingerprint density at radius 1 is 1.33 bits per heavy atom. The molecule has 15 heavy (non-hydrogen) atoms. The van der Waals surface area contributed by atoms with Gasteiger partial charge in [0, 0.05) is 0 Å². The highest BCUT2D eigenvalue weighted by Crippen LogP contribution is 2.69. The van der Waals surface area contributed by atoms with Gasteiger partial charge in [-0.15, -0.1) is 0 Å². The minimum atomic E-state index is 0.0133. The van der Waals surface area contributed by atoms with Crippen LogP contribution in [0, 0.1) is 17.3 Å². The molecule has 0 aromatic rings. The summed E-state index contributed by atoms with van der Waals surface area (Å²) in [6.45, 7) is 6.76. The Balaban J connectivity index is 2.46. The van der Waals surface area contributed by atoms with Crippen LogP contribution in [-0.4, -0.2) is 35.5 Å². The topological polar surface area (TPSA) is 35.8 Å². The van der Waals surface area contributed by atoms with E-state index in [9.17, 15) is 5.21 Å². The van der Waals surface area contributed by atoms with Gasteiger partial charge < -0.3 is 5.21 Å². The Morgan fingerprint density at radius 2 is 1.93 bits per heavy atom. The van der Waals surface area contributed by atoms with Crippen molar-refractivity contribution in [1.82, 2.24) is 4.90 Å². The van der Waals surface area contributed by atoms with Crippen LogP contribution in [0.4, 0.5) is 0 Å². The SMILES string of the molecule is CC1CCC2C(C)(C)C2(N(C)C)C1=NO. The average Bonchev–Trinajstić information content (AvgIpc) is 2.65. The van der Waals surface area contributed by atoms with Gasteiger partial charge >= 0.3 is 0 Å². The van der Waals surface area contributed by atoms with Crippen molar-refractivity contribution in [2.45, 2.75) is 39.2 Å². The minimum Gasteiger partial charge on any atom is -0.411 e. The average molecular weight is 210 g/mol. The lowest BCUT2D eigenvalue weighted by Gasteiger charge is -2.34. The van der Waals surface area contributed by atoms with E-state index in [1.165, 1.54) is 6.42 Å². The quantitative estimate of drug-likeness (QED) is 0.532. The molecule has 0 bridgehead atoms. The molecule has 0 saturated heterocycles. The number of fused-ring (bicyclic) bond motifs is 1. The first-order valence-electron chi connectivity index (χ1n) is 5.80. The zero-order valence-corrected chi connectivity index (χ0v) is 10.4. The predicted molar refractivity (Wildman–Crippen MR) is 61.3 cm³/mol. The Morgan fingerprint density at radius 3 is 2.33 bits per heavy atom. The van der Waals surface area contributed by atoms with Gasteiger partial charge in [-0.2, -0.15) is 0 Å². The fourth-order valence-electron chi connectivity index (χ4n) is 4.15. The number of rotatable bonds is 1. The fourth-order valence-corrected chi connectivity index (χ4v) is 4.15. The monoisotopic (exact) mass is 210 g/mol. The molecule has 0 aliphatic heterocycles. The van der Waals surface area contributed by atoms with Crippen LogP contribution >= 0.6 is 0 Å². The van der Waals surface area contributed by atoms with E-state index in [4.69, 9.17) is 0 Å². The van der Waals surface area contributed by atoms with Gasteiger partial charge in [-0.1, -0.05) is 25.9 Å². The van der Waals surface area contributed by atoms with Crippen molar-refractivity contribution >= 4 is 5.71 Å². The van der Waals surface area contributed by atoms with E-state index in [1.807, 2.05) is 0 Å². The zero-order valence-electron chi connectivity index (χ0n) is 10.4. The normalized spacial score (nSPS) is 45.6. The van der Waals surface area contributed by atoms with E-state index >= 15 is 0 Å². The maximum absolute atomic E-state index is 9.27. The number of nitrogens with zero attached hydrogens (tertiary/aromatic N) is 2. The van der Waals surface area contributed by atoms with E-state index in [0.29, 0.717) is 11.8 Å². The van der Waals surface area contributed by atoms with Crippen molar-refractivity contribution in [2.24, 2.45) is 22.4 Å². The molecule has 0 aromatic heterocycles. The number of hydrogen-bond donors (Lipinski definition) is 1. The summed E-state index contributed by atoms with van der Waals surface area (Å²) in [7, 11) is 4.20. The molecule has 2 aliphatic rings. The molecular formula is C12H22N2O. The van der Waals surface area contributed by atoms with Gasteiger partial charge in [-0.05, 0) is 44.2 Å². The second kappa shape index (κ2) is 2.97. The van der Waals surface area contributed by atoms with Crippen LogP contribution in [0.2, 0.25) is 0 Å². The summed E-state index contributed by atoms with van der Waals surface area (Å²) < 4.78 is 0. The van der Waals surface area contributed by atoms with Crippen molar-refractivity contribution in [2.75, 3.05) is 14.1 Å². The van der Waals surface area contributed by atoms with E-state index < -0.39 is 0 Å². The highest BCUT2D eigenvalue weighted by Gasteiger charge is 2.76. The van der Waals surface area contributed by atoms with Crippen LogP contribution in [0.5, 0.6) is 0 Å². The molecule has 0 radical (unpaired) electrons. The Labute approximate surface area is 92.1 Å². The van der Waals surface area contributed by atoms with E-state index in [1.54, 1.807) is 0 Å². The van der Waals surface area contributed by atoms with Gasteiger partial charge in [0.15, 0.2) is 0 Å². The van der Waals surface area contributed by atoms with Crippen molar-refractivity contribution in [3.05, 3.63) is 0 Å². The summed E-state index contributed by atoms with van der Waals surface area (Å²) in [5.74, 6) is 1.07. The summed E-state index contributed by atoms with van der Waals surface area (Å²) in [6.07, 6.45) is 2.41. The summed E-state index contributed by atoms with van der Waals surface area (Å²) >= 11 is 0. The number of hydrogen-bond acceptors (Lipinski definition) is 3. The molecule has 3 unspecified atom stereocenters. The molecule has 2 aliphatic carbocycles. The highest BCUT2D eigenvalue weighted by molar-refractivity contribution is 6.00. The molecule has 0 amide bonds. The molecule has 1 N–H and O–H groups in total. The molecule has 0 aromatic carbocycles. The molecule has 2 saturated carbocycles. The van der Waals surface area contributed by atoms with E-state index in [2.05, 4.69) is 44.9 Å². The molecule has 3 atom stereocenters. The third-order valence-corrected chi connectivity index (χ3v) is 4.83. The van der Waals surface area contributed by atoms with Crippen molar-refractivity contribution in [1.29, 1.82) is 0 Å². The molecule has 2 fully saturated rings. The maximum atomic E-state index is 9.27. The Kier molecular flexibility index (Phi) is 2.16. The third kappa shape index (κ3) is 1.02. The molecule has 2 rings (SSSR count). The summed E-state index contributed by atoms with van der Waals surface area (Å²) in [6, 6.07) is 0. The number of oxime groups is 1. The van der Waals surface area contributed by atoms with Gasteiger partial charge in [-0.3, -0.25) is 4.90 Å². The molecular weight excluding hydrogens is 188 g/mol. The highest BCUT2D eigenvalue weighted by atomic mass is 16.4. The van der Waals surface area contributed by atoms with E-state index in [0.717, 1.165) is 12.1 Å². The minimum absolute atomic E-state index is 0.0133. The van der Waals surface area contributed by atoms with Crippen LogP contribution in [-0.2, 0) is 0 Å². The van der Waals surface area contributed by atoms with Crippen LogP contribution in [0.15, 0.2) is 5.16 Å². The van der Waals surface area contributed by atoms with Crippen LogP contribution in [0.1, 0.15) is 33.6 Å². The second-order valence-electron chi connectivity index (χ2n) is 5.90. The smallest absolute Gasteiger partial charge is 0.0809 e. The molecule has 86 valence electrons. The van der Waals surface area contributed by atoms with Crippen LogP contribution in [0.25, 0.3) is 0 Å². The van der Waals surface area contributed by atoms with Crippen LogP contribution in [0.3, 0.4) is 0 Å².